The van der Waals surface area contributed by atoms with E-state index in [1.807, 2.05) is 6.92 Å². The minimum atomic E-state index is -1.16. The number of rotatable bonds is 6. The summed E-state index contributed by atoms with van der Waals surface area (Å²) >= 11 is 0. The van der Waals surface area contributed by atoms with Crippen LogP contribution in [0.4, 0.5) is 0 Å². The molecule has 0 bridgehead atoms. The van der Waals surface area contributed by atoms with Crippen LogP contribution in [-0.2, 0) is 14.3 Å². The molecule has 0 radical (unpaired) electrons. The van der Waals surface area contributed by atoms with E-state index in [9.17, 15) is 4.79 Å². The van der Waals surface area contributed by atoms with E-state index < -0.39 is 8.07 Å². The van der Waals surface area contributed by atoms with Crippen molar-refractivity contribution in [1.29, 1.82) is 0 Å². The number of ether oxygens (including phenoxy) is 2. The predicted molar refractivity (Wildman–Crippen MR) is 76.2 cm³/mol. The molecular formula is C14H26O3Si. The van der Waals surface area contributed by atoms with Gasteiger partial charge in [0.05, 0.1) is 12.2 Å². The fraction of sp³-hybridized carbons (Fsp3) is 0.786. The summed E-state index contributed by atoms with van der Waals surface area (Å²) in [4.78, 5) is 11.9. The number of allylic oxidation sites excluding steroid dienone is 1. The normalized spacial score (nSPS) is 19.9. The van der Waals surface area contributed by atoms with Gasteiger partial charge < -0.3 is 9.47 Å². The van der Waals surface area contributed by atoms with Crippen molar-refractivity contribution in [3.05, 3.63) is 11.3 Å². The summed E-state index contributed by atoms with van der Waals surface area (Å²) in [6.45, 7) is 11.4. The summed E-state index contributed by atoms with van der Waals surface area (Å²) in [5.41, 5.74) is 0.780. The summed E-state index contributed by atoms with van der Waals surface area (Å²) in [7, 11) is -1.16. The third kappa shape index (κ3) is 4.48. The van der Waals surface area contributed by atoms with Gasteiger partial charge in [-0.1, -0.05) is 26.6 Å². The average Bonchev–Trinajstić information content (AvgIpc) is 2.59. The first-order chi connectivity index (χ1) is 8.37. The fourth-order valence-electron chi connectivity index (χ4n) is 2.30. The lowest BCUT2D eigenvalue weighted by Gasteiger charge is -2.21. The molecule has 1 atom stereocenters. The highest BCUT2D eigenvalue weighted by Gasteiger charge is 2.33. The molecule has 1 aliphatic heterocycles. The van der Waals surface area contributed by atoms with Crippen molar-refractivity contribution >= 4 is 14.0 Å². The topological polar surface area (TPSA) is 35.5 Å². The van der Waals surface area contributed by atoms with Gasteiger partial charge in [-0.2, -0.15) is 0 Å². The first-order valence-electron chi connectivity index (χ1n) is 6.93. The van der Waals surface area contributed by atoms with Crippen molar-refractivity contribution in [2.75, 3.05) is 6.61 Å². The minimum absolute atomic E-state index is 0.181. The SMILES string of the molecule is CCCC1=C(C(=O)OCC)CC(C[Si](C)(C)C)O1. The summed E-state index contributed by atoms with van der Waals surface area (Å²) < 4.78 is 11.1. The minimum Gasteiger partial charge on any atom is -0.494 e. The van der Waals surface area contributed by atoms with Gasteiger partial charge in [0, 0.05) is 20.9 Å². The van der Waals surface area contributed by atoms with Crippen molar-refractivity contribution in [2.45, 2.75) is 64.9 Å². The van der Waals surface area contributed by atoms with Crippen LogP contribution in [0.1, 0.15) is 33.1 Å². The molecule has 1 heterocycles. The highest BCUT2D eigenvalue weighted by molar-refractivity contribution is 6.76. The second-order valence-electron chi connectivity index (χ2n) is 6.08. The molecule has 3 nitrogen and oxygen atoms in total. The molecule has 4 heteroatoms. The summed E-state index contributed by atoms with van der Waals surface area (Å²) in [5.74, 6) is 0.693. The van der Waals surface area contributed by atoms with Gasteiger partial charge in [-0.3, -0.25) is 0 Å². The lowest BCUT2D eigenvalue weighted by Crippen LogP contribution is -2.26. The predicted octanol–water partition coefficient (Wildman–Crippen LogP) is 3.73. The van der Waals surface area contributed by atoms with Crippen LogP contribution >= 0.6 is 0 Å². The van der Waals surface area contributed by atoms with Crippen LogP contribution in [-0.4, -0.2) is 26.8 Å². The van der Waals surface area contributed by atoms with Crippen molar-refractivity contribution in [1.82, 2.24) is 0 Å². The van der Waals surface area contributed by atoms with Crippen molar-refractivity contribution in [2.24, 2.45) is 0 Å². The number of carbonyl (C=O) groups excluding carboxylic acids is 1. The van der Waals surface area contributed by atoms with Crippen LogP contribution in [0.3, 0.4) is 0 Å². The summed E-state index contributed by atoms with van der Waals surface area (Å²) in [6.07, 6.45) is 2.77. The monoisotopic (exact) mass is 270 g/mol. The van der Waals surface area contributed by atoms with Gasteiger partial charge in [0.15, 0.2) is 0 Å². The molecule has 1 aliphatic rings. The number of esters is 1. The third-order valence-electron chi connectivity index (χ3n) is 2.92. The van der Waals surface area contributed by atoms with Crippen molar-refractivity contribution in [3.8, 4) is 0 Å². The van der Waals surface area contributed by atoms with Gasteiger partial charge in [0.2, 0.25) is 0 Å². The van der Waals surface area contributed by atoms with Crippen LogP contribution < -0.4 is 0 Å². The second kappa shape index (κ2) is 6.41. The Morgan fingerprint density at radius 2 is 2.06 bits per heavy atom. The molecule has 0 fully saturated rings. The molecule has 0 saturated carbocycles. The first-order valence-corrected chi connectivity index (χ1v) is 10.6. The van der Waals surface area contributed by atoms with Crippen LogP contribution in [0.25, 0.3) is 0 Å². The van der Waals surface area contributed by atoms with Crippen LogP contribution in [0, 0.1) is 0 Å². The largest absolute Gasteiger partial charge is 0.494 e. The van der Waals surface area contributed by atoms with E-state index in [0.29, 0.717) is 6.61 Å². The van der Waals surface area contributed by atoms with Gasteiger partial charge >= 0.3 is 5.97 Å². The molecule has 0 spiro atoms. The maximum atomic E-state index is 11.9. The van der Waals surface area contributed by atoms with E-state index in [1.54, 1.807) is 0 Å². The molecule has 0 N–H and O–H groups in total. The smallest absolute Gasteiger partial charge is 0.337 e. The highest BCUT2D eigenvalue weighted by Crippen LogP contribution is 2.33. The molecule has 104 valence electrons. The van der Waals surface area contributed by atoms with E-state index in [0.717, 1.165) is 36.6 Å². The standard InChI is InChI=1S/C14H26O3Si/c1-6-8-13-12(14(15)16-7-2)9-11(17-13)10-18(3,4)5/h11H,6-10H2,1-5H3. The first kappa shape index (κ1) is 15.3. The molecular weight excluding hydrogens is 244 g/mol. The Balaban J connectivity index is 2.71. The van der Waals surface area contributed by atoms with Gasteiger partial charge in [0.1, 0.15) is 11.9 Å². The van der Waals surface area contributed by atoms with Crippen LogP contribution in [0.5, 0.6) is 0 Å². The van der Waals surface area contributed by atoms with Gasteiger partial charge in [-0.05, 0) is 19.4 Å². The van der Waals surface area contributed by atoms with Crippen molar-refractivity contribution in [3.63, 3.8) is 0 Å². The quantitative estimate of drug-likeness (QED) is 0.545. The zero-order chi connectivity index (χ0) is 13.8. The molecule has 0 saturated heterocycles. The zero-order valence-electron chi connectivity index (χ0n) is 12.3. The summed E-state index contributed by atoms with van der Waals surface area (Å²) in [5, 5.41) is 0. The van der Waals surface area contributed by atoms with E-state index in [1.165, 1.54) is 0 Å². The zero-order valence-corrected chi connectivity index (χ0v) is 13.3. The Hall–Kier alpha value is -0.773. The Morgan fingerprint density at radius 3 is 2.56 bits per heavy atom. The maximum Gasteiger partial charge on any atom is 0.337 e. The lowest BCUT2D eigenvalue weighted by molar-refractivity contribution is -0.138. The molecule has 0 aromatic heterocycles. The highest BCUT2D eigenvalue weighted by atomic mass is 28.3. The number of hydrogen-bond acceptors (Lipinski definition) is 3. The molecule has 1 unspecified atom stereocenters. The fourth-order valence-corrected chi connectivity index (χ4v) is 3.90. The Bertz CT molecular complexity index is 328. The molecule has 0 aliphatic carbocycles. The Labute approximate surface area is 112 Å². The van der Waals surface area contributed by atoms with Gasteiger partial charge in [0.25, 0.3) is 0 Å². The molecule has 0 amide bonds. The number of hydrogen-bond donors (Lipinski definition) is 0. The van der Waals surface area contributed by atoms with Gasteiger partial charge in [-0.15, -0.1) is 0 Å². The number of carbonyl (C=O) groups is 1. The Morgan fingerprint density at radius 1 is 1.39 bits per heavy atom. The average molecular weight is 270 g/mol. The molecule has 0 aromatic rings. The van der Waals surface area contributed by atoms with E-state index >= 15 is 0 Å². The molecule has 0 aromatic carbocycles. The van der Waals surface area contributed by atoms with Gasteiger partial charge in [-0.25, -0.2) is 4.79 Å². The second-order valence-corrected chi connectivity index (χ2v) is 11.6. The molecule has 18 heavy (non-hydrogen) atoms. The van der Waals surface area contributed by atoms with E-state index in [4.69, 9.17) is 9.47 Å². The van der Waals surface area contributed by atoms with Crippen LogP contribution in [0.15, 0.2) is 11.3 Å². The van der Waals surface area contributed by atoms with Crippen molar-refractivity contribution < 1.29 is 14.3 Å². The van der Waals surface area contributed by atoms with Crippen LogP contribution in [0.2, 0.25) is 25.7 Å². The summed E-state index contributed by atoms with van der Waals surface area (Å²) in [6, 6.07) is 1.10. The van der Waals surface area contributed by atoms with E-state index in [-0.39, 0.29) is 12.1 Å². The third-order valence-corrected chi connectivity index (χ3v) is 4.60. The maximum absolute atomic E-state index is 11.9. The van der Waals surface area contributed by atoms with E-state index in [2.05, 4.69) is 26.6 Å². The molecule has 1 rings (SSSR count). The Kier molecular flexibility index (Phi) is 5.44. The lowest BCUT2D eigenvalue weighted by atomic mass is 10.1.